The first-order chi connectivity index (χ1) is 14.6. The number of anilines is 2. The monoisotopic (exact) mass is 418 g/mol. The maximum atomic E-state index is 13.0. The Balaban J connectivity index is 1.68. The smallest absolute Gasteiger partial charge is 0.293 e. The molecule has 0 saturated heterocycles. The van der Waals surface area contributed by atoms with Gasteiger partial charge in [-0.05, 0) is 48.4 Å². The fourth-order valence-electron chi connectivity index (χ4n) is 3.17. The molecule has 1 aromatic heterocycles. The number of nitrogens with one attached hydrogen (secondary N) is 2. The van der Waals surface area contributed by atoms with Crippen LogP contribution in [0.25, 0.3) is 11.0 Å². The molecule has 0 aliphatic carbocycles. The van der Waals surface area contributed by atoms with Gasteiger partial charge in [0.15, 0.2) is 0 Å². The maximum absolute atomic E-state index is 13.0. The summed E-state index contributed by atoms with van der Waals surface area (Å²) in [6.07, 6.45) is 0.913. The minimum Gasteiger partial charge on any atom is -0.449 e. The van der Waals surface area contributed by atoms with Crippen molar-refractivity contribution in [2.45, 2.75) is 13.3 Å². The van der Waals surface area contributed by atoms with Gasteiger partial charge in [-0.2, -0.15) is 0 Å². The lowest BCUT2D eigenvalue weighted by atomic mass is 10.1. The molecule has 2 amide bonds. The van der Waals surface area contributed by atoms with E-state index in [9.17, 15) is 9.59 Å². The quantitative estimate of drug-likeness (QED) is 0.408. The molecule has 1 heterocycles. The summed E-state index contributed by atoms with van der Waals surface area (Å²) in [5, 5.41) is 6.58. The fraction of sp³-hybridized carbons (Fsp3) is 0.0833. The Kier molecular flexibility index (Phi) is 5.55. The fourth-order valence-corrected chi connectivity index (χ4v) is 3.39. The molecule has 0 fully saturated rings. The Morgan fingerprint density at radius 1 is 0.867 bits per heavy atom. The molecule has 0 bridgehead atoms. The third-order valence-electron chi connectivity index (χ3n) is 4.78. The second kappa shape index (κ2) is 8.43. The van der Waals surface area contributed by atoms with Gasteiger partial charge >= 0.3 is 0 Å². The first-order valence-corrected chi connectivity index (χ1v) is 9.92. The number of amides is 2. The van der Waals surface area contributed by atoms with Crippen molar-refractivity contribution in [1.29, 1.82) is 0 Å². The largest absolute Gasteiger partial charge is 0.449 e. The molecule has 0 aliphatic rings. The molecule has 0 radical (unpaired) electrons. The van der Waals surface area contributed by atoms with Gasteiger partial charge < -0.3 is 15.1 Å². The lowest BCUT2D eigenvalue weighted by molar-refractivity contribution is 0.0999. The molecule has 4 aromatic rings. The van der Waals surface area contributed by atoms with Crippen LogP contribution in [0.5, 0.6) is 0 Å². The minimum absolute atomic E-state index is 0.0242. The molecule has 2 N–H and O–H groups in total. The minimum atomic E-state index is -0.454. The average molecular weight is 419 g/mol. The van der Waals surface area contributed by atoms with E-state index in [0.29, 0.717) is 32.9 Å². The van der Waals surface area contributed by atoms with Gasteiger partial charge in [0.1, 0.15) is 11.3 Å². The normalized spacial score (nSPS) is 10.7. The van der Waals surface area contributed by atoms with Crippen molar-refractivity contribution >= 4 is 45.8 Å². The van der Waals surface area contributed by atoms with E-state index in [-0.39, 0.29) is 5.76 Å². The first kappa shape index (κ1) is 19.7. The highest BCUT2D eigenvalue weighted by Gasteiger charge is 2.23. The lowest BCUT2D eigenvalue weighted by Crippen LogP contribution is -2.17. The van der Waals surface area contributed by atoms with E-state index in [2.05, 4.69) is 17.6 Å². The molecular formula is C24H19ClN2O3. The molecule has 30 heavy (non-hydrogen) atoms. The Hall–Kier alpha value is -3.57. The van der Waals surface area contributed by atoms with E-state index in [4.69, 9.17) is 16.0 Å². The van der Waals surface area contributed by atoms with Crippen LogP contribution in [0, 0.1) is 0 Å². The van der Waals surface area contributed by atoms with Gasteiger partial charge in [0, 0.05) is 11.1 Å². The van der Waals surface area contributed by atoms with Crippen molar-refractivity contribution in [2.75, 3.05) is 10.6 Å². The van der Waals surface area contributed by atoms with Crippen LogP contribution in [-0.4, -0.2) is 11.8 Å². The van der Waals surface area contributed by atoms with Crippen molar-refractivity contribution < 1.29 is 14.0 Å². The molecular weight excluding hydrogens is 400 g/mol. The van der Waals surface area contributed by atoms with Crippen molar-refractivity contribution in [3.8, 4) is 0 Å². The van der Waals surface area contributed by atoms with Crippen molar-refractivity contribution in [2.24, 2.45) is 0 Å². The number of aryl methyl sites for hydroxylation is 1. The van der Waals surface area contributed by atoms with E-state index < -0.39 is 11.8 Å². The van der Waals surface area contributed by atoms with E-state index in [1.165, 1.54) is 5.56 Å². The molecule has 0 unspecified atom stereocenters. The second-order valence-electron chi connectivity index (χ2n) is 6.74. The third kappa shape index (κ3) is 3.93. The predicted octanol–water partition coefficient (Wildman–Crippen LogP) is 6.15. The van der Waals surface area contributed by atoms with Gasteiger partial charge in [-0.25, -0.2) is 0 Å². The summed E-state index contributed by atoms with van der Waals surface area (Å²) >= 11 is 6.15. The average Bonchev–Trinajstić information content (AvgIpc) is 3.13. The Labute approximate surface area is 178 Å². The molecule has 0 atom stereocenters. The summed E-state index contributed by atoms with van der Waals surface area (Å²) in [4.78, 5) is 25.8. The van der Waals surface area contributed by atoms with E-state index in [0.717, 1.165) is 6.42 Å². The number of hydrogen-bond donors (Lipinski definition) is 2. The summed E-state index contributed by atoms with van der Waals surface area (Å²) in [5.41, 5.74) is 2.92. The second-order valence-corrected chi connectivity index (χ2v) is 7.15. The van der Waals surface area contributed by atoms with E-state index in [1.54, 1.807) is 42.5 Å². The summed E-state index contributed by atoms with van der Waals surface area (Å²) in [7, 11) is 0. The number of rotatable bonds is 5. The lowest BCUT2D eigenvalue weighted by Gasteiger charge is -2.08. The molecule has 0 saturated carbocycles. The highest BCUT2D eigenvalue weighted by Crippen LogP contribution is 2.32. The van der Waals surface area contributed by atoms with Gasteiger partial charge in [0.25, 0.3) is 11.8 Å². The number of benzene rings is 3. The number of hydrogen-bond acceptors (Lipinski definition) is 3. The van der Waals surface area contributed by atoms with Crippen LogP contribution >= 0.6 is 11.6 Å². The number of carbonyl (C=O) groups excluding carboxylic acids is 2. The van der Waals surface area contributed by atoms with Crippen LogP contribution < -0.4 is 10.6 Å². The highest BCUT2D eigenvalue weighted by atomic mass is 35.5. The van der Waals surface area contributed by atoms with Crippen LogP contribution in [0.2, 0.25) is 5.02 Å². The highest BCUT2D eigenvalue weighted by molar-refractivity contribution is 6.34. The predicted molar refractivity (Wildman–Crippen MR) is 119 cm³/mol. The number of carbonyl (C=O) groups is 2. The summed E-state index contributed by atoms with van der Waals surface area (Å²) in [6, 6.07) is 21.4. The van der Waals surface area contributed by atoms with Crippen LogP contribution in [0.1, 0.15) is 33.4 Å². The topological polar surface area (TPSA) is 71.3 Å². The SMILES string of the molecule is CCc1ccc(NC(=O)c2oc3ccccc3c2NC(=O)c2ccccc2Cl)cc1. The number of para-hydroxylation sites is 1. The Morgan fingerprint density at radius 3 is 2.30 bits per heavy atom. The van der Waals surface area contributed by atoms with Crippen LogP contribution in [0.15, 0.2) is 77.2 Å². The molecule has 6 heteroatoms. The zero-order valence-corrected chi connectivity index (χ0v) is 17.0. The zero-order valence-electron chi connectivity index (χ0n) is 16.2. The zero-order chi connectivity index (χ0) is 21.1. The van der Waals surface area contributed by atoms with Crippen molar-refractivity contribution in [3.05, 3.63) is 94.7 Å². The van der Waals surface area contributed by atoms with Crippen molar-refractivity contribution in [3.63, 3.8) is 0 Å². The van der Waals surface area contributed by atoms with E-state index in [1.807, 2.05) is 30.3 Å². The Bertz CT molecular complexity index is 1230. The van der Waals surface area contributed by atoms with Crippen molar-refractivity contribution in [1.82, 2.24) is 0 Å². The number of fused-ring (bicyclic) bond motifs is 1. The maximum Gasteiger partial charge on any atom is 0.293 e. The molecule has 4 rings (SSSR count). The standard InChI is InChI=1S/C24H19ClN2O3/c1-2-15-11-13-16(14-12-15)26-24(29)22-21(18-8-4-6-10-20(18)30-22)27-23(28)17-7-3-5-9-19(17)25/h3-14H,2H2,1H3,(H,26,29)(H,27,28). The first-order valence-electron chi connectivity index (χ1n) is 9.54. The third-order valence-corrected chi connectivity index (χ3v) is 5.11. The summed E-state index contributed by atoms with van der Waals surface area (Å²) < 4.78 is 5.79. The Morgan fingerprint density at radius 2 is 1.57 bits per heavy atom. The van der Waals surface area contributed by atoms with Crippen LogP contribution in [0.4, 0.5) is 11.4 Å². The summed E-state index contributed by atoms with van der Waals surface area (Å²) in [6.45, 7) is 2.07. The van der Waals surface area contributed by atoms with Gasteiger partial charge in [0.2, 0.25) is 5.76 Å². The van der Waals surface area contributed by atoms with Gasteiger partial charge in [-0.3, -0.25) is 9.59 Å². The van der Waals surface area contributed by atoms with Gasteiger partial charge in [0.05, 0.1) is 10.6 Å². The van der Waals surface area contributed by atoms with E-state index >= 15 is 0 Å². The molecule has 0 spiro atoms. The van der Waals surface area contributed by atoms with Crippen LogP contribution in [0.3, 0.4) is 0 Å². The molecule has 0 aliphatic heterocycles. The molecule has 3 aromatic carbocycles. The van der Waals surface area contributed by atoms with Gasteiger partial charge in [-0.1, -0.05) is 54.9 Å². The number of halogens is 1. The van der Waals surface area contributed by atoms with Gasteiger partial charge in [-0.15, -0.1) is 0 Å². The molecule has 150 valence electrons. The number of furan rings is 1. The van der Waals surface area contributed by atoms with Crippen LogP contribution in [-0.2, 0) is 6.42 Å². The summed E-state index contributed by atoms with van der Waals surface area (Å²) in [5.74, 6) is -0.852. The molecule has 5 nitrogen and oxygen atoms in total.